The summed E-state index contributed by atoms with van der Waals surface area (Å²) in [6.07, 6.45) is 11.4. The van der Waals surface area contributed by atoms with Gasteiger partial charge < -0.3 is 15.0 Å². The van der Waals surface area contributed by atoms with E-state index in [0.717, 1.165) is 42.7 Å². The van der Waals surface area contributed by atoms with Gasteiger partial charge in [-0.05, 0) is 43.5 Å². The highest BCUT2D eigenvalue weighted by Crippen LogP contribution is 2.42. The molecule has 2 aliphatic rings. The molecule has 2 aromatic heterocycles. The fourth-order valence-corrected chi connectivity index (χ4v) is 4.69. The second-order valence-corrected chi connectivity index (χ2v) is 7.93. The minimum absolute atomic E-state index is 0.127. The number of H-pyrrole nitrogens is 1. The first-order valence-electron chi connectivity index (χ1n) is 10.1. The van der Waals surface area contributed by atoms with Crippen LogP contribution >= 0.6 is 0 Å². The summed E-state index contributed by atoms with van der Waals surface area (Å²) in [5.41, 5.74) is 4.48. The van der Waals surface area contributed by atoms with Gasteiger partial charge in [0, 0.05) is 48.1 Å². The Bertz CT molecular complexity index is 1000. The van der Waals surface area contributed by atoms with Crippen molar-refractivity contribution in [3.63, 3.8) is 0 Å². The van der Waals surface area contributed by atoms with Gasteiger partial charge in [0.25, 0.3) is 0 Å². The molecule has 1 fully saturated rings. The molecule has 1 aromatic carbocycles. The zero-order valence-electron chi connectivity index (χ0n) is 16.2. The monoisotopic (exact) mass is 374 g/mol. The summed E-state index contributed by atoms with van der Waals surface area (Å²) >= 11 is 0. The average Bonchev–Trinajstić information content (AvgIpc) is 3.13. The van der Waals surface area contributed by atoms with Crippen LogP contribution in [-0.4, -0.2) is 43.8 Å². The van der Waals surface area contributed by atoms with Gasteiger partial charge in [-0.25, -0.2) is 0 Å². The Balaban J connectivity index is 1.65. The molecule has 0 radical (unpaired) electrons. The van der Waals surface area contributed by atoms with Crippen molar-refractivity contribution in [2.24, 2.45) is 0 Å². The van der Waals surface area contributed by atoms with E-state index >= 15 is 0 Å². The number of pyridine rings is 1. The van der Waals surface area contributed by atoms with Crippen molar-refractivity contribution < 1.29 is 5.11 Å². The summed E-state index contributed by atoms with van der Waals surface area (Å²) in [6.45, 7) is 3.74. The van der Waals surface area contributed by atoms with E-state index < -0.39 is 5.85 Å². The van der Waals surface area contributed by atoms with E-state index in [4.69, 9.17) is 0 Å². The third kappa shape index (κ3) is 2.74. The van der Waals surface area contributed by atoms with E-state index in [1.807, 2.05) is 19.2 Å². The Kier molecular flexibility index (Phi) is 4.22. The Morgan fingerprint density at radius 1 is 1.11 bits per heavy atom. The Hall–Kier alpha value is -2.63. The number of benzene rings is 1. The van der Waals surface area contributed by atoms with Crippen LogP contribution in [0.5, 0.6) is 0 Å². The summed E-state index contributed by atoms with van der Waals surface area (Å²) in [4.78, 5) is 12.2. The number of rotatable bonds is 3. The maximum Gasteiger partial charge on any atom is 0.195 e. The van der Waals surface area contributed by atoms with Crippen molar-refractivity contribution in [2.45, 2.75) is 38.1 Å². The minimum Gasteiger partial charge on any atom is -0.358 e. The highest BCUT2D eigenvalue weighted by Gasteiger charge is 2.42. The highest BCUT2D eigenvalue weighted by atomic mass is 16.3. The van der Waals surface area contributed by atoms with E-state index in [9.17, 15) is 5.11 Å². The SMILES string of the molecule is CC(O)(N1CCCCC1)N1C=Cc2c([nH]c3ccccc23)C1c1cccnc1. The van der Waals surface area contributed by atoms with Crippen molar-refractivity contribution in [3.05, 3.63) is 71.8 Å². The third-order valence-corrected chi connectivity index (χ3v) is 6.17. The zero-order valence-corrected chi connectivity index (χ0v) is 16.2. The summed E-state index contributed by atoms with van der Waals surface area (Å²) in [5.74, 6) is -1.08. The van der Waals surface area contributed by atoms with Gasteiger partial charge in [-0.1, -0.05) is 30.7 Å². The largest absolute Gasteiger partial charge is 0.358 e. The quantitative estimate of drug-likeness (QED) is 0.725. The first-order valence-corrected chi connectivity index (χ1v) is 10.1. The van der Waals surface area contributed by atoms with Crippen LogP contribution < -0.4 is 0 Å². The molecule has 0 saturated carbocycles. The molecule has 144 valence electrons. The molecule has 5 heteroatoms. The maximum absolute atomic E-state index is 11.7. The zero-order chi connectivity index (χ0) is 19.1. The second kappa shape index (κ2) is 6.76. The summed E-state index contributed by atoms with van der Waals surface area (Å²) in [5, 5.41) is 12.9. The van der Waals surface area contributed by atoms with Crippen molar-refractivity contribution in [1.82, 2.24) is 19.8 Å². The first-order chi connectivity index (χ1) is 13.7. The van der Waals surface area contributed by atoms with Crippen molar-refractivity contribution >= 4 is 17.0 Å². The molecule has 1 saturated heterocycles. The second-order valence-electron chi connectivity index (χ2n) is 7.93. The summed E-state index contributed by atoms with van der Waals surface area (Å²) in [6, 6.07) is 12.3. The summed E-state index contributed by atoms with van der Waals surface area (Å²) < 4.78 is 0. The molecular weight excluding hydrogens is 348 g/mol. The molecule has 2 unspecified atom stereocenters. The molecule has 28 heavy (non-hydrogen) atoms. The minimum atomic E-state index is -1.08. The van der Waals surface area contributed by atoms with Gasteiger partial charge in [-0.15, -0.1) is 0 Å². The number of likely N-dealkylation sites (tertiary alicyclic amines) is 1. The van der Waals surface area contributed by atoms with Gasteiger partial charge in [0.05, 0.1) is 11.7 Å². The molecule has 0 bridgehead atoms. The number of para-hydroxylation sites is 1. The Morgan fingerprint density at radius 2 is 1.93 bits per heavy atom. The van der Waals surface area contributed by atoms with E-state index in [1.54, 1.807) is 6.20 Å². The van der Waals surface area contributed by atoms with Gasteiger partial charge in [0.1, 0.15) is 0 Å². The number of piperidine rings is 1. The maximum atomic E-state index is 11.7. The third-order valence-electron chi connectivity index (χ3n) is 6.17. The molecular formula is C23H26N4O. The Labute approximate surface area is 165 Å². The number of fused-ring (bicyclic) bond motifs is 3. The number of hydrogen-bond donors (Lipinski definition) is 2. The standard InChI is InChI=1S/C23H26N4O/c1-23(28,26-13-5-2-6-14-26)27-15-11-19-18-9-3-4-10-20(18)25-21(19)22(27)17-8-7-12-24-16-17/h3-4,7-12,15-16,22,25,28H,2,5-6,13-14H2,1H3. The fourth-order valence-electron chi connectivity index (χ4n) is 4.69. The van der Waals surface area contributed by atoms with Gasteiger partial charge in [0.2, 0.25) is 0 Å². The topological polar surface area (TPSA) is 55.4 Å². The molecule has 0 amide bonds. The molecule has 4 heterocycles. The van der Waals surface area contributed by atoms with E-state index in [0.29, 0.717) is 0 Å². The molecule has 0 aliphatic carbocycles. The van der Waals surface area contributed by atoms with Crippen LogP contribution in [0.2, 0.25) is 0 Å². The van der Waals surface area contributed by atoms with Gasteiger partial charge in [-0.2, -0.15) is 0 Å². The number of nitrogens with zero attached hydrogens (tertiary/aromatic N) is 3. The van der Waals surface area contributed by atoms with Crippen molar-refractivity contribution in [1.29, 1.82) is 0 Å². The van der Waals surface area contributed by atoms with Gasteiger partial charge in [-0.3, -0.25) is 9.88 Å². The number of nitrogens with one attached hydrogen (secondary N) is 1. The molecule has 5 rings (SSSR count). The highest BCUT2D eigenvalue weighted by molar-refractivity contribution is 5.91. The van der Waals surface area contributed by atoms with Gasteiger partial charge >= 0.3 is 0 Å². The van der Waals surface area contributed by atoms with Crippen LogP contribution in [0, 0.1) is 0 Å². The van der Waals surface area contributed by atoms with Crippen LogP contribution in [0.4, 0.5) is 0 Å². The average molecular weight is 374 g/mol. The van der Waals surface area contributed by atoms with Crippen LogP contribution in [-0.2, 0) is 0 Å². The number of aliphatic hydroxyl groups is 1. The van der Waals surface area contributed by atoms with E-state index in [-0.39, 0.29) is 6.04 Å². The number of aromatic amines is 1. The van der Waals surface area contributed by atoms with Crippen LogP contribution in [0.15, 0.2) is 55.0 Å². The van der Waals surface area contributed by atoms with Crippen LogP contribution in [0.25, 0.3) is 17.0 Å². The van der Waals surface area contributed by atoms with Crippen LogP contribution in [0.3, 0.4) is 0 Å². The Morgan fingerprint density at radius 3 is 2.71 bits per heavy atom. The number of aromatic nitrogens is 2. The van der Waals surface area contributed by atoms with Crippen molar-refractivity contribution in [3.8, 4) is 0 Å². The van der Waals surface area contributed by atoms with E-state index in [1.165, 1.54) is 17.4 Å². The molecule has 3 aromatic rings. The lowest BCUT2D eigenvalue weighted by Crippen LogP contribution is -2.59. The van der Waals surface area contributed by atoms with E-state index in [2.05, 4.69) is 62.4 Å². The molecule has 2 atom stereocenters. The van der Waals surface area contributed by atoms with Crippen molar-refractivity contribution in [2.75, 3.05) is 13.1 Å². The van der Waals surface area contributed by atoms with Crippen LogP contribution in [0.1, 0.15) is 49.0 Å². The lowest BCUT2D eigenvalue weighted by atomic mass is 9.95. The predicted octanol–water partition coefficient (Wildman–Crippen LogP) is 4.09. The molecule has 2 aliphatic heterocycles. The first kappa shape index (κ1) is 17.5. The number of hydrogen-bond acceptors (Lipinski definition) is 4. The molecule has 5 nitrogen and oxygen atoms in total. The molecule has 2 N–H and O–H groups in total. The predicted molar refractivity (Wildman–Crippen MR) is 111 cm³/mol. The van der Waals surface area contributed by atoms with Gasteiger partial charge in [0.15, 0.2) is 5.85 Å². The smallest absolute Gasteiger partial charge is 0.195 e. The fraction of sp³-hybridized carbons (Fsp3) is 0.348. The summed E-state index contributed by atoms with van der Waals surface area (Å²) in [7, 11) is 0. The lowest BCUT2D eigenvalue weighted by molar-refractivity contribution is -0.200. The molecule has 0 spiro atoms. The lowest BCUT2D eigenvalue weighted by Gasteiger charge is -2.50. The normalized spacial score (nSPS) is 22.2.